The summed E-state index contributed by atoms with van der Waals surface area (Å²) in [5.74, 6) is -1.28. The second-order valence-corrected chi connectivity index (χ2v) is 5.45. The predicted molar refractivity (Wildman–Crippen MR) is 75.0 cm³/mol. The van der Waals surface area contributed by atoms with Gasteiger partial charge in [-0.3, -0.25) is 4.79 Å². The van der Waals surface area contributed by atoms with Gasteiger partial charge in [-0.2, -0.15) is 0 Å². The number of hydrogen-bond acceptors (Lipinski definition) is 3. The summed E-state index contributed by atoms with van der Waals surface area (Å²) in [5, 5.41) is 10.4. The van der Waals surface area contributed by atoms with Crippen molar-refractivity contribution in [1.29, 1.82) is 0 Å². The molecular formula is C15H16F2N4O. The molecule has 1 aliphatic rings. The number of hydrogen-bond donors (Lipinski definition) is 1. The van der Waals surface area contributed by atoms with Gasteiger partial charge in [0.05, 0.1) is 0 Å². The van der Waals surface area contributed by atoms with E-state index in [1.165, 1.54) is 18.2 Å². The highest BCUT2D eigenvalue weighted by Crippen LogP contribution is 2.49. The van der Waals surface area contributed by atoms with Crippen LogP contribution in [0.3, 0.4) is 0 Å². The molecule has 1 heterocycles. The number of rotatable bonds is 5. The van der Waals surface area contributed by atoms with Crippen molar-refractivity contribution in [3.8, 4) is 0 Å². The minimum atomic E-state index is -0.583. The second kappa shape index (κ2) is 5.82. The quantitative estimate of drug-likeness (QED) is 0.916. The van der Waals surface area contributed by atoms with Crippen molar-refractivity contribution in [3.05, 3.63) is 47.5 Å². The lowest BCUT2D eigenvalue weighted by atomic mass is 10.1. The van der Waals surface area contributed by atoms with Crippen LogP contribution in [0.5, 0.6) is 0 Å². The molecule has 5 nitrogen and oxygen atoms in total. The number of aryl methyl sites for hydroxylation is 1. The fourth-order valence-corrected chi connectivity index (χ4v) is 2.63. The SMILES string of the molecule is Cc1nncn1CCNC(=O)[C@H]1C[C@@H]1c1c(F)cccc1F. The van der Waals surface area contributed by atoms with Crippen LogP contribution in [0.2, 0.25) is 0 Å². The Morgan fingerprint density at radius 2 is 2.14 bits per heavy atom. The first-order valence-electron chi connectivity index (χ1n) is 7.14. The van der Waals surface area contributed by atoms with E-state index in [0.29, 0.717) is 19.5 Å². The normalized spacial score (nSPS) is 20.0. The maximum atomic E-state index is 13.7. The van der Waals surface area contributed by atoms with E-state index in [4.69, 9.17) is 0 Å². The Hall–Kier alpha value is -2.31. The summed E-state index contributed by atoms with van der Waals surface area (Å²) >= 11 is 0. The average molecular weight is 306 g/mol. The number of halogens is 2. The third kappa shape index (κ3) is 2.84. The van der Waals surface area contributed by atoms with Gasteiger partial charge in [0.25, 0.3) is 0 Å². The number of nitrogens with zero attached hydrogens (tertiary/aromatic N) is 3. The lowest BCUT2D eigenvalue weighted by molar-refractivity contribution is -0.122. The van der Waals surface area contributed by atoms with E-state index >= 15 is 0 Å². The van der Waals surface area contributed by atoms with Crippen LogP contribution in [0.25, 0.3) is 0 Å². The van der Waals surface area contributed by atoms with Crippen molar-refractivity contribution in [3.63, 3.8) is 0 Å². The van der Waals surface area contributed by atoms with Crippen molar-refractivity contribution in [2.24, 2.45) is 5.92 Å². The first-order chi connectivity index (χ1) is 10.6. The van der Waals surface area contributed by atoms with Gasteiger partial charge in [-0.15, -0.1) is 10.2 Å². The predicted octanol–water partition coefficient (Wildman–Crippen LogP) is 1.78. The van der Waals surface area contributed by atoms with E-state index in [1.807, 2.05) is 11.5 Å². The van der Waals surface area contributed by atoms with E-state index in [0.717, 1.165) is 5.82 Å². The molecule has 3 rings (SSSR count). The van der Waals surface area contributed by atoms with Gasteiger partial charge in [-0.05, 0) is 25.5 Å². The molecule has 1 aromatic heterocycles. The second-order valence-electron chi connectivity index (χ2n) is 5.45. The molecule has 1 aromatic carbocycles. The van der Waals surface area contributed by atoms with Gasteiger partial charge >= 0.3 is 0 Å². The molecule has 0 unspecified atom stereocenters. The number of nitrogens with one attached hydrogen (secondary N) is 1. The third-order valence-electron chi connectivity index (χ3n) is 3.96. The van der Waals surface area contributed by atoms with E-state index in [2.05, 4.69) is 15.5 Å². The Labute approximate surface area is 126 Å². The minimum absolute atomic E-state index is 0.0253. The Balaban J connectivity index is 1.54. The van der Waals surface area contributed by atoms with Gasteiger partial charge in [0, 0.05) is 30.5 Å². The van der Waals surface area contributed by atoms with Crippen LogP contribution in [0.4, 0.5) is 8.78 Å². The number of amides is 1. The highest BCUT2D eigenvalue weighted by Gasteiger charge is 2.46. The fraction of sp³-hybridized carbons (Fsp3) is 0.400. The molecule has 2 atom stereocenters. The number of carbonyl (C=O) groups excluding carboxylic acids is 1. The van der Waals surface area contributed by atoms with Crippen LogP contribution in [-0.4, -0.2) is 27.2 Å². The maximum absolute atomic E-state index is 13.7. The molecule has 0 radical (unpaired) electrons. The summed E-state index contributed by atoms with van der Waals surface area (Å²) in [7, 11) is 0. The van der Waals surface area contributed by atoms with E-state index in [1.54, 1.807) is 6.33 Å². The molecule has 1 N–H and O–H groups in total. The van der Waals surface area contributed by atoms with E-state index < -0.39 is 11.6 Å². The van der Waals surface area contributed by atoms with Gasteiger partial charge < -0.3 is 9.88 Å². The van der Waals surface area contributed by atoms with Crippen LogP contribution in [0.15, 0.2) is 24.5 Å². The van der Waals surface area contributed by atoms with Crippen LogP contribution in [0.1, 0.15) is 23.7 Å². The Bertz CT molecular complexity index is 680. The molecule has 0 bridgehead atoms. The van der Waals surface area contributed by atoms with Crippen molar-refractivity contribution in [1.82, 2.24) is 20.1 Å². The van der Waals surface area contributed by atoms with E-state index in [-0.39, 0.29) is 23.3 Å². The Morgan fingerprint density at radius 1 is 1.41 bits per heavy atom. The molecule has 1 saturated carbocycles. The minimum Gasteiger partial charge on any atom is -0.354 e. The lowest BCUT2D eigenvalue weighted by Crippen LogP contribution is -2.29. The molecular weight excluding hydrogens is 290 g/mol. The first kappa shape index (κ1) is 14.6. The average Bonchev–Trinajstić information content (AvgIpc) is 3.15. The summed E-state index contributed by atoms with van der Waals surface area (Å²) in [6.45, 7) is 2.82. The van der Waals surface area contributed by atoms with Crippen LogP contribution < -0.4 is 5.32 Å². The summed E-state index contributed by atoms with van der Waals surface area (Å²) in [6, 6.07) is 3.77. The van der Waals surface area contributed by atoms with Gasteiger partial charge in [0.1, 0.15) is 23.8 Å². The van der Waals surface area contributed by atoms with E-state index in [9.17, 15) is 13.6 Å². The molecule has 0 spiro atoms. The molecule has 1 aliphatic carbocycles. The largest absolute Gasteiger partial charge is 0.354 e. The van der Waals surface area contributed by atoms with Crippen molar-refractivity contribution < 1.29 is 13.6 Å². The molecule has 22 heavy (non-hydrogen) atoms. The van der Waals surface area contributed by atoms with Crippen LogP contribution in [0, 0.1) is 24.5 Å². The van der Waals surface area contributed by atoms with Gasteiger partial charge in [-0.1, -0.05) is 6.07 Å². The number of carbonyl (C=O) groups is 1. The van der Waals surface area contributed by atoms with Crippen LogP contribution >= 0.6 is 0 Å². The molecule has 1 amide bonds. The molecule has 2 aromatic rings. The zero-order chi connectivity index (χ0) is 15.7. The Kier molecular flexibility index (Phi) is 3.87. The monoisotopic (exact) mass is 306 g/mol. The summed E-state index contributed by atoms with van der Waals surface area (Å²) in [5.41, 5.74) is 0.0253. The molecule has 0 aliphatic heterocycles. The zero-order valence-electron chi connectivity index (χ0n) is 12.1. The lowest BCUT2D eigenvalue weighted by Gasteiger charge is -2.07. The summed E-state index contributed by atoms with van der Waals surface area (Å²) < 4.78 is 29.2. The highest BCUT2D eigenvalue weighted by atomic mass is 19.1. The highest BCUT2D eigenvalue weighted by molar-refractivity contribution is 5.82. The zero-order valence-corrected chi connectivity index (χ0v) is 12.1. The summed E-state index contributed by atoms with van der Waals surface area (Å²) in [6.07, 6.45) is 2.07. The number of aromatic nitrogens is 3. The molecule has 116 valence electrons. The smallest absolute Gasteiger partial charge is 0.223 e. The number of benzene rings is 1. The maximum Gasteiger partial charge on any atom is 0.223 e. The molecule has 0 saturated heterocycles. The van der Waals surface area contributed by atoms with Gasteiger partial charge in [-0.25, -0.2) is 8.78 Å². The Morgan fingerprint density at radius 3 is 2.77 bits per heavy atom. The van der Waals surface area contributed by atoms with Crippen molar-refractivity contribution in [2.45, 2.75) is 25.8 Å². The standard InChI is InChI=1S/C15H16F2N4O/c1-9-20-19-8-21(9)6-5-18-15(22)11-7-10(11)14-12(16)3-2-4-13(14)17/h2-4,8,10-11H,5-7H2,1H3,(H,18,22)/t10-,11-/m0/s1. The first-order valence-corrected chi connectivity index (χ1v) is 7.14. The van der Waals surface area contributed by atoms with Crippen LogP contribution in [-0.2, 0) is 11.3 Å². The summed E-state index contributed by atoms with van der Waals surface area (Å²) in [4.78, 5) is 12.0. The van der Waals surface area contributed by atoms with Crippen molar-refractivity contribution >= 4 is 5.91 Å². The van der Waals surface area contributed by atoms with Gasteiger partial charge in [0.2, 0.25) is 5.91 Å². The van der Waals surface area contributed by atoms with Crippen molar-refractivity contribution in [2.75, 3.05) is 6.54 Å². The molecule has 7 heteroatoms. The molecule has 1 fully saturated rings. The van der Waals surface area contributed by atoms with Gasteiger partial charge in [0.15, 0.2) is 0 Å². The fourth-order valence-electron chi connectivity index (χ4n) is 2.63. The third-order valence-corrected chi connectivity index (χ3v) is 3.96. The topological polar surface area (TPSA) is 59.8 Å².